The molecule has 33 heavy (non-hydrogen) atoms. The molecule has 0 atom stereocenters. The van der Waals surface area contributed by atoms with Crippen molar-refractivity contribution in [3.63, 3.8) is 0 Å². The number of nitrogens with zero attached hydrogens (tertiary/aromatic N) is 1. The van der Waals surface area contributed by atoms with E-state index in [0.29, 0.717) is 36.0 Å². The molecule has 3 aromatic carbocycles. The van der Waals surface area contributed by atoms with Crippen LogP contribution >= 0.6 is 0 Å². The van der Waals surface area contributed by atoms with E-state index in [0.717, 1.165) is 11.1 Å². The van der Waals surface area contributed by atoms with Gasteiger partial charge in [-0.05, 0) is 69.2 Å². The van der Waals surface area contributed by atoms with Crippen molar-refractivity contribution in [2.75, 3.05) is 11.9 Å². The monoisotopic (exact) mass is 440 g/mol. The molecule has 0 aromatic heterocycles. The molecule has 0 radical (unpaired) electrons. The number of ether oxygens (including phenoxy) is 2. The smallest absolute Gasteiger partial charge is 0.266 e. The maximum absolute atomic E-state index is 12.6. The highest BCUT2D eigenvalue weighted by atomic mass is 16.5. The average Bonchev–Trinajstić information content (AvgIpc) is 2.78. The first-order valence-corrected chi connectivity index (χ1v) is 10.8. The van der Waals surface area contributed by atoms with Gasteiger partial charge in [0.05, 0.1) is 6.61 Å². The van der Waals surface area contributed by atoms with Gasteiger partial charge in [-0.15, -0.1) is 0 Å². The third-order valence-corrected chi connectivity index (χ3v) is 4.93. The minimum absolute atomic E-state index is 0.00179. The van der Waals surface area contributed by atoms with Crippen LogP contribution in [0.15, 0.2) is 66.2 Å². The Morgan fingerprint density at radius 1 is 0.909 bits per heavy atom. The van der Waals surface area contributed by atoms with Crippen LogP contribution in [0.1, 0.15) is 34.7 Å². The van der Waals surface area contributed by atoms with Gasteiger partial charge in [0.15, 0.2) is 11.5 Å². The van der Waals surface area contributed by atoms with Crippen molar-refractivity contribution in [2.24, 2.45) is 0 Å². The molecule has 1 N–H and O–H groups in total. The van der Waals surface area contributed by atoms with Gasteiger partial charge in [-0.25, -0.2) is 0 Å². The van der Waals surface area contributed by atoms with Gasteiger partial charge in [0.25, 0.3) is 5.91 Å². The van der Waals surface area contributed by atoms with E-state index in [9.17, 15) is 10.1 Å². The zero-order valence-corrected chi connectivity index (χ0v) is 19.4. The molecule has 0 spiro atoms. The molecule has 0 bridgehead atoms. The van der Waals surface area contributed by atoms with E-state index < -0.39 is 5.91 Å². The Labute approximate surface area is 195 Å². The molecule has 0 saturated carbocycles. The quantitative estimate of drug-likeness (QED) is 0.338. The Morgan fingerprint density at radius 2 is 1.61 bits per heavy atom. The lowest BCUT2D eigenvalue weighted by Gasteiger charge is -2.13. The van der Waals surface area contributed by atoms with Crippen LogP contribution in [-0.2, 0) is 11.4 Å². The van der Waals surface area contributed by atoms with Crippen LogP contribution in [-0.4, -0.2) is 12.5 Å². The van der Waals surface area contributed by atoms with Gasteiger partial charge in [0.1, 0.15) is 18.2 Å². The zero-order chi connectivity index (χ0) is 23.8. The Kier molecular flexibility index (Phi) is 7.88. The fourth-order valence-electron chi connectivity index (χ4n) is 3.47. The Bertz CT molecular complexity index is 1180. The molecule has 3 aromatic rings. The molecule has 5 heteroatoms. The molecule has 1 amide bonds. The molecular weight excluding hydrogens is 412 g/mol. The van der Waals surface area contributed by atoms with Crippen molar-refractivity contribution in [3.8, 4) is 17.6 Å². The van der Waals surface area contributed by atoms with Crippen molar-refractivity contribution < 1.29 is 14.3 Å². The standard InChI is InChI=1S/C28H28N2O3/c1-5-32-27-16-22(8-11-26(27)33-18-23-13-20(3)12-21(4)14-23)15-24(17-29)28(31)30-25-9-6-19(2)7-10-25/h6-16H,5,18H2,1-4H3,(H,30,31)/b24-15+. The second-order valence-electron chi connectivity index (χ2n) is 7.91. The van der Waals surface area contributed by atoms with E-state index in [4.69, 9.17) is 9.47 Å². The van der Waals surface area contributed by atoms with Crippen molar-refractivity contribution in [3.05, 3.63) is 94.1 Å². The SMILES string of the molecule is CCOc1cc(/C=C(\C#N)C(=O)Nc2ccc(C)cc2)ccc1OCc1cc(C)cc(C)c1. The Balaban J connectivity index is 1.78. The number of amides is 1. The van der Waals surface area contributed by atoms with Crippen molar-refractivity contribution in [1.82, 2.24) is 0 Å². The van der Waals surface area contributed by atoms with Crippen molar-refractivity contribution >= 4 is 17.7 Å². The predicted molar refractivity (Wildman–Crippen MR) is 131 cm³/mol. The van der Waals surface area contributed by atoms with Crippen LogP contribution in [0, 0.1) is 32.1 Å². The molecule has 168 valence electrons. The Morgan fingerprint density at radius 3 is 2.24 bits per heavy atom. The highest BCUT2D eigenvalue weighted by Crippen LogP contribution is 2.30. The summed E-state index contributed by atoms with van der Waals surface area (Å²) in [6.07, 6.45) is 1.54. The summed E-state index contributed by atoms with van der Waals surface area (Å²) >= 11 is 0. The molecule has 0 aliphatic carbocycles. The molecule has 0 aliphatic heterocycles. The number of rotatable bonds is 8. The zero-order valence-electron chi connectivity index (χ0n) is 19.4. The summed E-state index contributed by atoms with van der Waals surface area (Å²) in [4.78, 5) is 12.6. The number of hydrogen-bond acceptors (Lipinski definition) is 4. The Hall–Kier alpha value is -4.04. The number of nitrogens with one attached hydrogen (secondary N) is 1. The summed E-state index contributed by atoms with van der Waals surface area (Å²) in [5.41, 5.74) is 5.86. The third-order valence-electron chi connectivity index (χ3n) is 4.93. The normalized spacial score (nSPS) is 10.9. The minimum atomic E-state index is -0.463. The second kappa shape index (κ2) is 11.0. The molecule has 3 rings (SSSR count). The second-order valence-corrected chi connectivity index (χ2v) is 7.91. The molecule has 5 nitrogen and oxygen atoms in total. The van der Waals surface area contributed by atoms with Crippen LogP contribution in [0.25, 0.3) is 6.08 Å². The number of hydrogen-bond donors (Lipinski definition) is 1. The highest BCUT2D eigenvalue weighted by Gasteiger charge is 2.12. The maximum atomic E-state index is 12.6. The molecule has 0 unspecified atom stereocenters. The summed E-state index contributed by atoms with van der Waals surface area (Å²) in [5.74, 6) is 0.706. The number of carbonyl (C=O) groups is 1. The number of carbonyl (C=O) groups excluding carboxylic acids is 1. The number of anilines is 1. The van der Waals surface area contributed by atoms with E-state index in [2.05, 4.69) is 37.4 Å². The highest BCUT2D eigenvalue weighted by molar-refractivity contribution is 6.09. The van der Waals surface area contributed by atoms with E-state index in [1.165, 1.54) is 11.1 Å². The van der Waals surface area contributed by atoms with E-state index in [1.54, 1.807) is 36.4 Å². The summed E-state index contributed by atoms with van der Waals surface area (Å²) in [6.45, 7) is 8.87. The summed E-state index contributed by atoms with van der Waals surface area (Å²) in [7, 11) is 0. The molecular formula is C28H28N2O3. The fourth-order valence-corrected chi connectivity index (χ4v) is 3.47. The van der Waals surface area contributed by atoms with Gasteiger partial charge in [0.2, 0.25) is 0 Å². The van der Waals surface area contributed by atoms with Gasteiger partial charge in [-0.2, -0.15) is 5.26 Å². The van der Waals surface area contributed by atoms with Crippen molar-refractivity contribution in [2.45, 2.75) is 34.3 Å². The predicted octanol–water partition coefficient (Wildman–Crippen LogP) is 6.14. The lowest BCUT2D eigenvalue weighted by atomic mass is 10.1. The van der Waals surface area contributed by atoms with Crippen LogP contribution in [0.5, 0.6) is 11.5 Å². The third kappa shape index (κ3) is 6.72. The summed E-state index contributed by atoms with van der Waals surface area (Å²) < 4.78 is 11.8. The first-order chi connectivity index (χ1) is 15.9. The number of aryl methyl sites for hydroxylation is 3. The average molecular weight is 441 g/mol. The first kappa shape index (κ1) is 23.6. The number of benzene rings is 3. The topological polar surface area (TPSA) is 71.3 Å². The van der Waals surface area contributed by atoms with Crippen molar-refractivity contribution in [1.29, 1.82) is 5.26 Å². The maximum Gasteiger partial charge on any atom is 0.266 e. The van der Waals surface area contributed by atoms with Gasteiger partial charge in [-0.3, -0.25) is 4.79 Å². The van der Waals surface area contributed by atoms with Crippen LogP contribution in [0.3, 0.4) is 0 Å². The van der Waals surface area contributed by atoms with Gasteiger partial charge in [-0.1, -0.05) is 53.1 Å². The largest absolute Gasteiger partial charge is 0.490 e. The molecule has 0 heterocycles. The summed E-state index contributed by atoms with van der Waals surface area (Å²) in [6, 6.07) is 21.1. The van der Waals surface area contributed by atoms with Crippen LogP contribution < -0.4 is 14.8 Å². The van der Waals surface area contributed by atoms with Crippen LogP contribution in [0.4, 0.5) is 5.69 Å². The fraction of sp³-hybridized carbons (Fsp3) is 0.214. The van der Waals surface area contributed by atoms with E-state index in [1.807, 2.05) is 32.0 Å². The molecule has 0 fully saturated rings. The number of nitriles is 1. The van der Waals surface area contributed by atoms with E-state index >= 15 is 0 Å². The first-order valence-electron chi connectivity index (χ1n) is 10.8. The van der Waals surface area contributed by atoms with Gasteiger partial charge < -0.3 is 14.8 Å². The van der Waals surface area contributed by atoms with Crippen LogP contribution in [0.2, 0.25) is 0 Å². The van der Waals surface area contributed by atoms with E-state index in [-0.39, 0.29) is 5.57 Å². The molecule has 0 aliphatic rings. The minimum Gasteiger partial charge on any atom is -0.490 e. The van der Waals surface area contributed by atoms with Gasteiger partial charge >= 0.3 is 0 Å². The van der Waals surface area contributed by atoms with Gasteiger partial charge in [0, 0.05) is 5.69 Å². The lowest BCUT2D eigenvalue weighted by Crippen LogP contribution is -2.13. The lowest BCUT2D eigenvalue weighted by molar-refractivity contribution is -0.112. The summed E-state index contributed by atoms with van der Waals surface area (Å²) in [5, 5.41) is 12.3. The molecule has 0 saturated heterocycles.